The molecule has 0 bridgehead atoms. The Bertz CT molecular complexity index is 546. The third kappa shape index (κ3) is 3.00. The largest absolute Gasteiger partial charge is 0.359 e. The van der Waals surface area contributed by atoms with E-state index in [-0.39, 0.29) is 0 Å². The number of halogens is 1. The second-order valence-corrected chi connectivity index (χ2v) is 5.26. The molecule has 0 heterocycles. The van der Waals surface area contributed by atoms with Gasteiger partial charge in [-0.2, -0.15) is 0 Å². The van der Waals surface area contributed by atoms with Crippen molar-refractivity contribution in [3.63, 3.8) is 0 Å². The van der Waals surface area contributed by atoms with Crippen LogP contribution in [0.2, 0.25) is 0 Å². The molecule has 0 fully saturated rings. The maximum atomic E-state index is 4.04. The first-order valence-electron chi connectivity index (χ1n) is 5.71. The monoisotopic (exact) mass is 337 g/mol. The Balaban J connectivity index is 2.34. The molecule has 0 aliphatic carbocycles. The Morgan fingerprint density at radius 2 is 1.88 bits per heavy atom. The van der Waals surface area contributed by atoms with E-state index in [2.05, 4.69) is 77.8 Å². The molecule has 2 rings (SSSR count). The minimum atomic E-state index is 1.01. The summed E-state index contributed by atoms with van der Waals surface area (Å²) in [6.07, 6.45) is 1.01. The van der Waals surface area contributed by atoms with E-state index in [1.807, 2.05) is 0 Å². The van der Waals surface area contributed by atoms with Gasteiger partial charge in [0.25, 0.3) is 0 Å². The first-order valence-corrected chi connectivity index (χ1v) is 7.23. The zero-order valence-electron chi connectivity index (χ0n) is 9.96. The number of anilines is 1. The summed E-state index contributed by atoms with van der Waals surface area (Å²) in [5, 5.41) is 5.96. The molecule has 0 atom stereocenters. The summed E-state index contributed by atoms with van der Waals surface area (Å²) in [4.78, 5) is 0. The lowest BCUT2D eigenvalue weighted by molar-refractivity contribution is 1.15. The van der Waals surface area contributed by atoms with Gasteiger partial charge in [0.2, 0.25) is 0 Å². The van der Waals surface area contributed by atoms with Crippen LogP contribution in [0.5, 0.6) is 0 Å². The van der Waals surface area contributed by atoms with Gasteiger partial charge in [0.15, 0.2) is 0 Å². The lowest BCUT2D eigenvalue weighted by Gasteiger charge is -2.12. The van der Waals surface area contributed by atoms with Crippen molar-refractivity contribution in [2.45, 2.75) is 13.3 Å². The van der Waals surface area contributed by atoms with E-state index in [9.17, 15) is 0 Å². The molecule has 0 aliphatic heterocycles. The average Bonchev–Trinajstić information content (AvgIpc) is 2.30. The van der Waals surface area contributed by atoms with Crippen LogP contribution in [0, 0.1) is 6.92 Å². The first kappa shape index (κ1) is 12.4. The molecule has 0 aliphatic rings. The molecule has 0 unspecified atom stereocenters. The number of alkyl halides is 1. The van der Waals surface area contributed by atoms with Crippen molar-refractivity contribution in [2.24, 2.45) is 0 Å². The Kier molecular flexibility index (Phi) is 4.05. The minimum absolute atomic E-state index is 1.01. The van der Waals surface area contributed by atoms with Crippen molar-refractivity contribution in [2.75, 3.05) is 9.74 Å². The molecule has 0 saturated heterocycles. The van der Waals surface area contributed by atoms with Gasteiger partial charge >= 0.3 is 0 Å². The maximum absolute atomic E-state index is 4.04. The van der Waals surface area contributed by atoms with E-state index in [0.717, 1.165) is 16.5 Å². The van der Waals surface area contributed by atoms with Crippen molar-refractivity contribution < 1.29 is 0 Å². The molecule has 88 valence electrons. The van der Waals surface area contributed by atoms with Gasteiger partial charge in [0, 0.05) is 15.8 Å². The molecule has 0 amide bonds. The van der Waals surface area contributed by atoms with Gasteiger partial charge in [-0.3, -0.25) is 0 Å². The van der Waals surface area contributed by atoms with Crippen LogP contribution < -0.4 is 5.32 Å². The van der Waals surface area contributed by atoms with Gasteiger partial charge in [-0.25, -0.2) is 0 Å². The second kappa shape index (κ2) is 5.54. The highest BCUT2D eigenvalue weighted by Crippen LogP contribution is 2.24. The predicted octanol–water partition coefficient (Wildman–Crippen LogP) is 4.90. The minimum Gasteiger partial charge on any atom is -0.359 e. The Morgan fingerprint density at radius 1 is 1.24 bits per heavy atom. The van der Waals surface area contributed by atoms with Crippen LogP contribution in [0.1, 0.15) is 12.0 Å². The molecule has 0 radical (unpaired) electrons. The molecule has 1 N–H and O–H groups in total. The van der Waals surface area contributed by atoms with Crippen molar-refractivity contribution in [3.05, 3.63) is 54.2 Å². The Hall–Kier alpha value is -1.03. The molecule has 2 aromatic rings. The highest BCUT2D eigenvalue weighted by molar-refractivity contribution is 14.1. The predicted molar refractivity (Wildman–Crippen MR) is 85.0 cm³/mol. The third-order valence-corrected chi connectivity index (χ3v) is 3.34. The molecule has 17 heavy (non-hydrogen) atoms. The standard InChI is InChI=1S/C15H16IN/c1-11-9-13-5-3-4-6-14(13)10-15(11)17-12(2)7-8-16/h3-6,9-10,17H,2,7-8H2,1H3. The average molecular weight is 337 g/mol. The number of fused-ring (bicyclic) bond motifs is 1. The maximum Gasteiger partial charge on any atom is 0.0417 e. The first-order chi connectivity index (χ1) is 8.20. The van der Waals surface area contributed by atoms with Gasteiger partial charge in [-0.05, 0) is 41.8 Å². The van der Waals surface area contributed by atoms with Crippen LogP contribution in [0.4, 0.5) is 5.69 Å². The topological polar surface area (TPSA) is 12.0 Å². The van der Waals surface area contributed by atoms with Crippen LogP contribution in [-0.4, -0.2) is 4.43 Å². The number of hydrogen-bond acceptors (Lipinski definition) is 1. The SMILES string of the molecule is C=C(CCI)Nc1cc2ccccc2cc1C. The van der Waals surface area contributed by atoms with Crippen LogP contribution in [0.25, 0.3) is 10.8 Å². The highest BCUT2D eigenvalue weighted by Gasteiger charge is 2.02. The van der Waals surface area contributed by atoms with Gasteiger partial charge < -0.3 is 5.32 Å². The fourth-order valence-electron chi connectivity index (χ4n) is 1.86. The van der Waals surface area contributed by atoms with Crippen molar-refractivity contribution in [1.29, 1.82) is 0 Å². The summed E-state index contributed by atoms with van der Waals surface area (Å²) < 4.78 is 1.09. The highest BCUT2D eigenvalue weighted by atomic mass is 127. The zero-order valence-corrected chi connectivity index (χ0v) is 12.1. The number of hydrogen-bond donors (Lipinski definition) is 1. The summed E-state index contributed by atoms with van der Waals surface area (Å²) in [5.74, 6) is 0. The molecular formula is C15H16IN. The quantitative estimate of drug-likeness (QED) is 0.618. The van der Waals surface area contributed by atoms with E-state index in [1.54, 1.807) is 0 Å². The molecule has 1 nitrogen and oxygen atoms in total. The molecule has 2 aromatic carbocycles. The third-order valence-electron chi connectivity index (χ3n) is 2.80. The van der Waals surface area contributed by atoms with Gasteiger partial charge in [0.05, 0.1) is 0 Å². The van der Waals surface area contributed by atoms with E-state index >= 15 is 0 Å². The summed E-state index contributed by atoms with van der Waals surface area (Å²) in [7, 11) is 0. The van der Waals surface area contributed by atoms with Crippen molar-refractivity contribution in [3.8, 4) is 0 Å². The van der Waals surface area contributed by atoms with Crippen LogP contribution >= 0.6 is 22.6 Å². The number of nitrogens with one attached hydrogen (secondary N) is 1. The van der Waals surface area contributed by atoms with Crippen LogP contribution in [-0.2, 0) is 0 Å². The summed E-state index contributed by atoms with van der Waals surface area (Å²) >= 11 is 2.37. The van der Waals surface area contributed by atoms with Crippen molar-refractivity contribution in [1.82, 2.24) is 0 Å². The fraction of sp³-hybridized carbons (Fsp3) is 0.200. The normalized spacial score (nSPS) is 10.5. The van der Waals surface area contributed by atoms with Crippen LogP contribution in [0.15, 0.2) is 48.7 Å². The lowest BCUT2D eigenvalue weighted by Crippen LogP contribution is -2.00. The number of aryl methyl sites for hydroxylation is 1. The Labute approximate surface area is 116 Å². The summed E-state index contributed by atoms with van der Waals surface area (Å²) in [6, 6.07) is 12.8. The molecule has 0 saturated carbocycles. The van der Waals surface area contributed by atoms with Gasteiger partial charge in [-0.15, -0.1) is 0 Å². The molecular weight excluding hydrogens is 321 g/mol. The second-order valence-electron chi connectivity index (χ2n) is 4.18. The number of rotatable bonds is 4. The van der Waals surface area contributed by atoms with Gasteiger partial charge in [-0.1, -0.05) is 53.4 Å². The number of allylic oxidation sites excluding steroid dienone is 1. The smallest absolute Gasteiger partial charge is 0.0417 e. The Morgan fingerprint density at radius 3 is 2.53 bits per heavy atom. The van der Waals surface area contributed by atoms with E-state index in [4.69, 9.17) is 0 Å². The van der Waals surface area contributed by atoms with Crippen LogP contribution in [0.3, 0.4) is 0 Å². The van der Waals surface area contributed by atoms with E-state index in [0.29, 0.717) is 0 Å². The molecule has 2 heteroatoms. The van der Waals surface area contributed by atoms with Crippen molar-refractivity contribution >= 4 is 39.1 Å². The van der Waals surface area contributed by atoms with Gasteiger partial charge in [0.1, 0.15) is 0 Å². The summed E-state index contributed by atoms with van der Waals surface area (Å²) in [6.45, 7) is 6.18. The zero-order chi connectivity index (χ0) is 12.3. The van der Waals surface area contributed by atoms with E-state index in [1.165, 1.54) is 22.0 Å². The van der Waals surface area contributed by atoms with E-state index < -0.39 is 0 Å². The lowest BCUT2D eigenvalue weighted by atomic mass is 10.1. The summed E-state index contributed by atoms with van der Waals surface area (Å²) in [5.41, 5.74) is 3.51. The fourth-order valence-corrected chi connectivity index (χ4v) is 2.51. The molecule has 0 spiro atoms. The molecule has 0 aromatic heterocycles. The number of benzene rings is 2.